The number of rotatable bonds is 7. The Balaban J connectivity index is 1.81. The van der Waals surface area contributed by atoms with Gasteiger partial charge in [0.15, 0.2) is 11.5 Å². The van der Waals surface area contributed by atoms with Crippen LogP contribution in [0.3, 0.4) is 0 Å². The van der Waals surface area contributed by atoms with E-state index in [4.69, 9.17) is 14.2 Å². The molecule has 1 amide bonds. The van der Waals surface area contributed by atoms with E-state index in [2.05, 4.69) is 29.8 Å². The van der Waals surface area contributed by atoms with E-state index in [1.54, 1.807) is 43.8 Å². The molecule has 1 saturated heterocycles. The Morgan fingerprint density at radius 2 is 1.96 bits per heavy atom. The summed E-state index contributed by atoms with van der Waals surface area (Å²) in [6.07, 6.45) is 0. The predicted octanol–water partition coefficient (Wildman–Crippen LogP) is 1.54. The minimum Gasteiger partial charge on any atom is -0.493 e. The van der Waals surface area contributed by atoms with Gasteiger partial charge >= 0.3 is 0 Å². The maximum absolute atomic E-state index is 13.0. The van der Waals surface area contributed by atoms with Crippen molar-refractivity contribution in [1.82, 2.24) is 5.32 Å². The molecule has 2 aromatic rings. The fourth-order valence-electron chi connectivity index (χ4n) is 3.65. The van der Waals surface area contributed by atoms with Crippen molar-refractivity contribution in [3.05, 3.63) is 46.2 Å². The molecule has 3 rings (SSSR count). The first-order chi connectivity index (χ1) is 13.2. The van der Waals surface area contributed by atoms with E-state index in [-0.39, 0.29) is 18.0 Å². The van der Waals surface area contributed by atoms with Crippen molar-refractivity contribution in [1.29, 1.82) is 0 Å². The first kappa shape index (κ1) is 19.7. The van der Waals surface area contributed by atoms with Crippen LogP contribution in [0.1, 0.15) is 28.2 Å². The van der Waals surface area contributed by atoms with Crippen LogP contribution in [-0.2, 0) is 4.74 Å². The second kappa shape index (κ2) is 9.21. The van der Waals surface area contributed by atoms with Gasteiger partial charge in [-0.15, -0.1) is 11.3 Å². The SMILES string of the molecule is COc1cccc(C(=O)N[C@@H](C)[C@@H](c2cccs2)[NH+]2CCOCC2)c1OC. The molecule has 1 aromatic heterocycles. The van der Waals surface area contributed by atoms with Gasteiger partial charge in [0.05, 0.1) is 43.9 Å². The maximum atomic E-state index is 13.0. The van der Waals surface area contributed by atoms with Gasteiger partial charge in [-0.25, -0.2) is 0 Å². The molecule has 6 nitrogen and oxygen atoms in total. The molecule has 0 radical (unpaired) electrons. The summed E-state index contributed by atoms with van der Waals surface area (Å²) in [6, 6.07) is 9.69. The zero-order valence-corrected chi connectivity index (χ0v) is 16.8. The number of carbonyl (C=O) groups is 1. The number of amides is 1. The van der Waals surface area contributed by atoms with Gasteiger partial charge in [0, 0.05) is 0 Å². The molecule has 1 aliphatic rings. The summed E-state index contributed by atoms with van der Waals surface area (Å²) in [6.45, 7) is 5.44. The van der Waals surface area contributed by atoms with Crippen LogP contribution in [0.5, 0.6) is 11.5 Å². The molecule has 0 unspecified atom stereocenters. The number of carbonyl (C=O) groups excluding carboxylic acids is 1. The monoisotopic (exact) mass is 391 g/mol. The van der Waals surface area contributed by atoms with Gasteiger partial charge in [-0.1, -0.05) is 12.1 Å². The van der Waals surface area contributed by atoms with Gasteiger partial charge in [0.25, 0.3) is 5.91 Å². The van der Waals surface area contributed by atoms with Crippen molar-refractivity contribution < 1.29 is 23.9 Å². The first-order valence-corrected chi connectivity index (χ1v) is 10.0. The lowest BCUT2D eigenvalue weighted by Crippen LogP contribution is -3.15. The number of morpholine rings is 1. The summed E-state index contributed by atoms with van der Waals surface area (Å²) >= 11 is 1.73. The summed E-state index contributed by atoms with van der Waals surface area (Å²) in [5.41, 5.74) is 0.477. The summed E-state index contributed by atoms with van der Waals surface area (Å²) in [5.74, 6) is 0.843. The molecule has 0 spiro atoms. The van der Waals surface area contributed by atoms with Crippen LogP contribution in [-0.4, -0.2) is 52.5 Å². The lowest BCUT2D eigenvalue weighted by molar-refractivity contribution is -0.939. The standard InChI is InChI=1S/C20H26N2O4S/c1-14(18(17-8-5-13-27-17)22-9-11-26-12-10-22)21-20(23)15-6-4-7-16(24-2)19(15)25-3/h4-8,13-14,18H,9-12H2,1-3H3,(H,21,23)/p+1/t14-,18-/m0/s1. The Bertz CT molecular complexity index is 744. The van der Waals surface area contributed by atoms with E-state index in [9.17, 15) is 4.79 Å². The minimum absolute atomic E-state index is 0.0415. The second-order valence-corrected chi connectivity index (χ2v) is 7.55. The normalized spacial score (nSPS) is 17.1. The Morgan fingerprint density at radius 1 is 1.19 bits per heavy atom. The van der Waals surface area contributed by atoms with Crippen LogP contribution in [0.25, 0.3) is 0 Å². The van der Waals surface area contributed by atoms with E-state index in [0.29, 0.717) is 17.1 Å². The number of thiophene rings is 1. The highest BCUT2D eigenvalue weighted by atomic mass is 32.1. The van der Waals surface area contributed by atoms with E-state index >= 15 is 0 Å². The third-order valence-electron chi connectivity index (χ3n) is 4.93. The zero-order valence-electron chi connectivity index (χ0n) is 16.0. The lowest BCUT2D eigenvalue weighted by atomic mass is 10.0. The quantitative estimate of drug-likeness (QED) is 0.752. The molecule has 0 aliphatic carbocycles. The van der Waals surface area contributed by atoms with Crippen molar-refractivity contribution >= 4 is 17.2 Å². The highest BCUT2D eigenvalue weighted by Crippen LogP contribution is 2.31. The summed E-state index contributed by atoms with van der Waals surface area (Å²) in [5, 5.41) is 5.26. The largest absolute Gasteiger partial charge is 0.493 e. The smallest absolute Gasteiger partial charge is 0.255 e. The third-order valence-corrected chi connectivity index (χ3v) is 5.89. The van der Waals surface area contributed by atoms with Gasteiger partial charge in [-0.2, -0.15) is 0 Å². The highest BCUT2D eigenvalue weighted by Gasteiger charge is 2.33. The van der Waals surface area contributed by atoms with Crippen molar-refractivity contribution in [3.8, 4) is 11.5 Å². The van der Waals surface area contributed by atoms with E-state index < -0.39 is 0 Å². The van der Waals surface area contributed by atoms with Crippen molar-refractivity contribution in [2.45, 2.75) is 19.0 Å². The highest BCUT2D eigenvalue weighted by molar-refractivity contribution is 7.10. The number of methoxy groups -OCH3 is 2. The molecule has 1 fully saturated rings. The summed E-state index contributed by atoms with van der Waals surface area (Å²) in [7, 11) is 3.11. The number of para-hydroxylation sites is 1. The number of quaternary nitrogens is 1. The Hall–Kier alpha value is -2.09. The first-order valence-electron chi connectivity index (χ1n) is 9.13. The van der Waals surface area contributed by atoms with Crippen LogP contribution in [0.15, 0.2) is 35.7 Å². The zero-order chi connectivity index (χ0) is 19.2. The van der Waals surface area contributed by atoms with E-state index in [1.807, 2.05) is 0 Å². The van der Waals surface area contributed by atoms with Crippen LogP contribution in [0, 0.1) is 0 Å². The molecule has 0 bridgehead atoms. The van der Waals surface area contributed by atoms with Crippen molar-refractivity contribution in [2.24, 2.45) is 0 Å². The van der Waals surface area contributed by atoms with Crippen LogP contribution < -0.4 is 19.7 Å². The molecule has 2 N–H and O–H groups in total. The van der Waals surface area contributed by atoms with Gasteiger partial charge in [-0.05, 0) is 30.5 Å². The van der Waals surface area contributed by atoms with Gasteiger partial charge < -0.3 is 24.4 Å². The van der Waals surface area contributed by atoms with Gasteiger partial charge in [0.2, 0.25) is 0 Å². The number of hydrogen-bond acceptors (Lipinski definition) is 5. The molecular formula is C20H27N2O4S+. The molecule has 7 heteroatoms. The fraction of sp³-hybridized carbons (Fsp3) is 0.450. The average molecular weight is 392 g/mol. The van der Waals surface area contributed by atoms with Crippen LogP contribution >= 0.6 is 11.3 Å². The third kappa shape index (κ3) is 4.43. The molecule has 2 atom stereocenters. The topological polar surface area (TPSA) is 61.2 Å². The predicted molar refractivity (Wildman–Crippen MR) is 105 cm³/mol. The lowest BCUT2D eigenvalue weighted by Gasteiger charge is -2.34. The molecule has 27 heavy (non-hydrogen) atoms. The Kier molecular flexibility index (Phi) is 6.71. The maximum Gasteiger partial charge on any atom is 0.255 e. The van der Waals surface area contributed by atoms with Gasteiger partial charge in [-0.3, -0.25) is 4.79 Å². The second-order valence-electron chi connectivity index (χ2n) is 6.57. The van der Waals surface area contributed by atoms with Gasteiger partial charge in [0.1, 0.15) is 19.1 Å². The number of ether oxygens (including phenoxy) is 3. The summed E-state index contributed by atoms with van der Waals surface area (Å²) < 4.78 is 16.2. The van der Waals surface area contributed by atoms with Crippen LogP contribution in [0.2, 0.25) is 0 Å². The minimum atomic E-state index is -0.160. The number of nitrogens with one attached hydrogen (secondary N) is 2. The van der Waals surface area contributed by atoms with E-state index in [0.717, 1.165) is 26.3 Å². The molecular weight excluding hydrogens is 364 g/mol. The average Bonchev–Trinajstić information content (AvgIpc) is 3.22. The van der Waals surface area contributed by atoms with Crippen LogP contribution in [0.4, 0.5) is 0 Å². The van der Waals surface area contributed by atoms with E-state index in [1.165, 1.54) is 9.78 Å². The van der Waals surface area contributed by atoms with Crippen molar-refractivity contribution in [3.63, 3.8) is 0 Å². The molecule has 1 aliphatic heterocycles. The molecule has 2 heterocycles. The molecule has 146 valence electrons. The number of hydrogen-bond donors (Lipinski definition) is 2. The van der Waals surface area contributed by atoms with Crippen molar-refractivity contribution in [2.75, 3.05) is 40.5 Å². The Labute approximate surface area is 164 Å². The Morgan fingerprint density at radius 3 is 2.59 bits per heavy atom. The molecule has 0 saturated carbocycles. The summed E-state index contributed by atoms with van der Waals surface area (Å²) in [4.78, 5) is 15.7. The fourth-order valence-corrected chi connectivity index (χ4v) is 4.64. The number of benzene rings is 1. The molecule has 1 aromatic carbocycles.